The molecule has 0 atom stereocenters. The van der Waals surface area contributed by atoms with E-state index in [9.17, 15) is 4.39 Å². The number of rotatable bonds is 2. The van der Waals surface area contributed by atoms with Gasteiger partial charge in [-0.25, -0.2) is 0 Å². The molecule has 0 unspecified atom stereocenters. The number of hydrogen-bond acceptors (Lipinski definition) is 0. The highest BCUT2D eigenvalue weighted by Gasteiger charge is 1.92. The maximum atomic E-state index is 11.9. The van der Waals surface area contributed by atoms with Crippen molar-refractivity contribution in [3.63, 3.8) is 0 Å². The van der Waals surface area contributed by atoms with Gasteiger partial charge in [-0.3, -0.25) is 4.39 Å². The summed E-state index contributed by atoms with van der Waals surface area (Å²) in [5.74, 6) is 6.03. The standard InChI is InChI=1S/C15H13F/c16-11-5-1-2-6-13-9-10-14-7-3-4-8-15(14)12-13/h3-4,7-10,12H,1,5,11H2. The van der Waals surface area contributed by atoms with Crippen molar-refractivity contribution in [2.75, 3.05) is 6.67 Å². The molecule has 2 aromatic rings. The second-order valence-corrected chi connectivity index (χ2v) is 3.66. The number of benzene rings is 2. The molecule has 0 saturated carbocycles. The summed E-state index contributed by atoms with van der Waals surface area (Å²) in [6.07, 6.45) is 1.16. The van der Waals surface area contributed by atoms with Crippen LogP contribution in [0.1, 0.15) is 18.4 Å². The summed E-state index contributed by atoms with van der Waals surface area (Å²) < 4.78 is 11.9. The van der Waals surface area contributed by atoms with E-state index in [1.807, 2.05) is 18.2 Å². The van der Waals surface area contributed by atoms with Crippen molar-refractivity contribution >= 4 is 10.8 Å². The largest absolute Gasteiger partial charge is 0.251 e. The Kier molecular flexibility index (Phi) is 3.56. The molecule has 80 valence electrons. The third-order valence-electron chi connectivity index (χ3n) is 2.42. The minimum absolute atomic E-state index is 0.285. The normalized spacial score (nSPS) is 9.81. The Morgan fingerprint density at radius 3 is 2.62 bits per heavy atom. The number of unbranched alkanes of at least 4 members (excludes halogenated alkanes) is 1. The Balaban J connectivity index is 2.21. The highest BCUT2D eigenvalue weighted by Crippen LogP contribution is 2.14. The lowest BCUT2D eigenvalue weighted by atomic mass is 10.1. The summed E-state index contributed by atoms with van der Waals surface area (Å²) in [4.78, 5) is 0. The van der Waals surface area contributed by atoms with Crippen LogP contribution in [0.3, 0.4) is 0 Å². The van der Waals surface area contributed by atoms with Gasteiger partial charge in [0.05, 0.1) is 6.67 Å². The topological polar surface area (TPSA) is 0 Å². The second kappa shape index (κ2) is 5.32. The molecular formula is C15H13F. The zero-order chi connectivity index (χ0) is 11.2. The van der Waals surface area contributed by atoms with Gasteiger partial charge in [0.25, 0.3) is 0 Å². The van der Waals surface area contributed by atoms with Gasteiger partial charge in [0.1, 0.15) is 0 Å². The van der Waals surface area contributed by atoms with Crippen molar-refractivity contribution in [2.45, 2.75) is 12.8 Å². The number of hydrogen-bond donors (Lipinski definition) is 0. The fourth-order valence-electron chi connectivity index (χ4n) is 1.59. The SMILES string of the molecule is FCCCC#Cc1ccc2ccccc2c1. The Bertz CT molecular complexity index is 532. The lowest BCUT2D eigenvalue weighted by Crippen LogP contribution is -1.77. The van der Waals surface area contributed by atoms with Gasteiger partial charge in [0.15, 0.2) is 0 Å². The van der Waals surface area contributed by atoms with Crippen LogP contribution in [-0.2, 0) is 0 Å². The minimum atomic E-state index is -0.285. The van der Waals surface area contributed by atoms with Gasteiger partial charge in [0, 0.05) is 12.0 Å². The molecule has 0 aliphatic rings. The van der Waals surface area contributed by atoms with Crippen LogP contribution in [0, 0.1) is 11.8 Å². The average Bonchev–Trinajstić information content (AvgIpc) is 2.34. The van der Waals surface area contributed by atoms with Crippen LogP contribution >= 0.6 is 0 Å². The van der Waals surface area contributed by atoms with Crippen LogP contribution in [0.2, 0.25) is 0 Å². The quantitative estimate of drug-likeness (QED) is 0.522. The van der Waals surface area contributed by atoms with E-state index in [0.717, 1.165) is 5.56 Å². The number of alkyl halides is 1. The molecule has 0 N–H and O–H groups in total. The molecule has 2 rings (SSSR count). The molecule has 1 heteroatoms. The summed E-state index contributed by atoms with van der Waals surface area (Å²) in [6.45, 7) is -0.285. The van der Waals surface area contributed by atoms with E-state index in [4.69, 9.17) is 0 Å². The molecule has 16 heavy (non-hydrogen) atoms. The van der Waals surface area contributed by atoms with E-state index in [-0.39, 0.29) is 6.67 Å². The third-order valence-corrected chi connectivity index (χ3v) is 2.42. The van der Waals surface area contributed by atoms with Crippen LogP contribution in [0.15, 0.2) is 42.5 Å². The molecule has 0 amide bonds. The average molecular weight is 212 g/mol. The van der Waals surface area contributed by atoms with E-state index in [2.05, 4.69) is 36.1 Å². The first-order valence-corrected chi connectivity index (χ1v) is 5.44. The molecule has 0 saturated heterocycles. The predicted molar refractivity (Wildman–Crippen MR) is 66.0 cm³/mol. The predicted octanol–water partition coefficient (Wildman–Crippen LogP) is 3.94. The minimum Gasteiger partial charge on any atom is -0.251 e. The number of halogens is 1. The molecule has 0 fully saturated rings. The lowest BCUT2D eigenvalue weighted by molar-refractivity contribution is 0.477. The zero-order valence-electron chi connectivity index (χ0n) is 9.04. The fraction of sp³-hybridized carbons (Fsp3) is 0.200. The van der Waals surface area contributed by atoms with Gasteiger partial charge in [-0.1, -0.05) is 42.2 Å². The Labute approximate surface area is 95.1 Å². The van der Waals surface area contributed by atoms with Crippen molar-refractivity contribution in [3.8, 4) is 11.8 Å². The Morgan fingerprint density at radius 2 is 1.81 bits per heavy atom. The third kappa shape index (κ3) is 2.61. The smallest absolute Gasteiger partial charge is 0.0903 e. The van der Waals surface area contributed by atoms with Crippen LogP contribution in [0.4, 0.5) is 4.39 Å². The van der Waals surface area contributed by atoms with Crippen LogP contribution in [-0.4, -0.2) is 6.67 Å². The van der Waals surface area contributed by atoms with Crippen LogP contribution in [0.5, 0.6) is 0 Å². The highest BCUT2D eigenvalue weighted by atomic mass is 19.1. The van der Waals surface area contributed by atoms with Gasteiger partial charge in [-0.05, 0) is 29.3 Å². The Morgan fingerprint density at radius 1 is 1.00 bits per heavy atom. The first kappa shape index (κ1) is 10.7. The summed E-state index contributed by atoms with van der Waals surface area (Å²) >= 11 is 0. The first-order chi connectivity index (χ1) is 7.90. The van der Waals surface area contributed by atoms with Crippen molar-refractivity contribution in [2.24, 2.45) is 0 Å². The molecular weight excluding hydrogens is 199 g/mol. The van der Waals surface area contributed by atoms with Gasteiger partial charge in [-0.15, -0.1) is 0 Å². The fourth-order valence-corrected chi connectivity index (χ4v) is 1.59. The molecule has 0 aliphatic heterocycles. The molecule has 0 bridgehead atoms. The highest BCUT2D eigenvalue weighted by molar-refractivity contribution is 5.83. The molecule has 0 aliphatic carbocycles. The maximum Gasteiger partial charge on any atom is 0.0903 e. The van der Waals surface area contributed by atoms with Gasteiger partial charge >= 0.3 is 0 Å². The first-order valence-electron chi connectivity index (χ1n) is 5.44. The van der Waals surface area contributed by atoms with Crippen LogP contribution in [0.25, 0.3) is 10.8 Å². The lowest BCUT2D eigenvalue weighted by Gasteiger charge is -1.97. The van der Waals surface area contributed by atoms with Crippen molar-refractivity contribution in [1.29, 1.82) is 0 Å². The summed E-state index contributed by atoms with van der Waals surface area (Å²) in [7, 11) is 0. The molecule has 0 radical (unpaired) electrons. The van der Waals surface area contributed by atoms with Crippen molar-refractivity contribution < 1.29 is 4.39 Å². The monoisotopic (exact) mass is 212 g/mol. The summed E-state index contributed by atoms with van der Waals surface area (Å²) in [5, 5.41) is 2.41. The molecule has 0 spiro atoms. The summed E-state index contributed by atoms with van der Waals surface area (Å²) in [5.41, 5.74) is 0.998. The van der Waals surface area contributed by atoms with Crippen molar-refractivity contribution in [1.82, 2.24) is 0 Å². The number of fused-ring (bicyclic) bond motifs is 1. The van der Waals surface area contributed by atoms with Gasteiger partial charge < -0.3 is 0 Å². The van der Waals surface area contributed by atoms with Gasteiger partial charge in [-0.2, -0.15) is 0 Å². The van der Waals surface area contributed by atoms with E-state index in [1.165, 1.54) is 10.8 Å². The second-order valence-electron chi connectivity index (χ2n) is 3.66. The van der Waals surface area contributed by atoms with E-state index < -0.39 is 0 Å². The van der Waals surface area contributed by atoms with E-state index in [1.54, 1.807) is 0 Å². The molecule has 0 heterocycles. The van der Waals surface area contributed by atoms with Gasteiger partial charge in [0.2, 0.25) is 0 Å². The van der Waals surface area contributed by atoms with E-state index >= 15 is 0 Å². The van der Waals surface area contributed by atoms with Crippen molar-refractivity contribution in [3.05, 3.63) is 48.0 Å². The molecule has 2 aromatic carbocycles. The molecule has 0 nitrogen and oxygen atoms in total. The zero-order valence-corrected chi connectivity index (χ0v) is 9.04. The van der Waals surface area contributed by atoms with E-state index in [0.29, 0.717) is 12.8 Å². The molecule has 0 aromatic heterocycles. The van der Waals surface area contributed by atoms with Crippen LogP contribution < -0.4 is 0 Å². The Hall–Kier alpha value is -1.81. The maximum absolute atomic E-state index is 11.9. The summed E-state index contributed by atoms with van der Waals surface area (Å²) in [6, 6.07) is 14.3.